The van der Waals surface area contributed by atoms with E-state index < -0.39 is 5.91 Å². The number of anilines is 1. The Balaban J connectivity index is 1.81. The number of hydrogen-bond acceptors (Lipinski definition) is 3. The minimum Gasteiger partial charge on any atom is -0.319 e. The molecule has 1 amide bonds. The zero-order chi connectivity index (χ0) is 22.1. The van der Waals surface area contributed by atoms with Gasteiger partial charge < -0.3 is 5.32 Å². The van der Waals surface area contributed by atoms with Gasteiger partial charge in [-0.1, -0.05) is 41.4 Å². The maximum absolute atomic E-state index is 13.0. The molecule has 7 heteroatoms. The lowest BCUT2D eigenvalue weighted by Crippen LogP contribution is -2.15. The Kier molecular flexibility index (Phi) is 5.81. The largest absolute Gasteiger partial charge is 0.319 e. The van der Waals surface area contributed by atoms with Crippen molar-refractivity contribution in [2.75, 3.05) is 5.32 Å². The molecule has 0 spiro atoms. The maximum atomic E-state index is 13.0. The smallest absolute Gasteiger partial charge is 0.295 e. The van der Waals surface area contributed by atoms with E-state index in [1.165, 1.54) is 0 Å². The highest BCUT2D eigenvalue weighted by molar-refractivity contribution is 6.31. The van der Waals surface area contributed by atoms with Crippen molar-refractivity contribution in [2.45, 2.75) is 20.8 Å². The number of hydrogen-bond donors (Lipinski definition) is 1. The van der Waals surface area contributed by atoms with E-state index in [9.17, 15) is 4.79 Å². The number of carbonyl (C=O) groups is 1. The Morgan fingerprint density at radius 3 is 2.45 bits per heavy atom. The first kappa shape index (κ1) is 21.1. The lowest BCUT2D eigenvalue weighted by atomic mass is 10.1. The second-order valence-electron chi connectivity index (χ2n) is 7.33. The topological polar surface area (TPSA) is 59.8 Å². The minimum absolute atomic E-state index is 0.0604. The Labute approximate surface area is 190 Å². The molecule has 0 saturated heterocycles. The van der Waals surface area contributed by atoms with Gasteiger partial charge in [0.05, 0.1) is 5.69 Å². The van der Waals surface area contributed by atoms with Crippen molar-refractivity contribution >= 4 is 34.8 Å². The predicted octanol–water partition coefficient (Wildman–Crippen LogP) is 6.42. The highest BCUT2D eigenvalue weighted by Crippen LogP contribution is 2.27. The predicted molar refractivity (Wildman–Crippen MR) is 125 cm³/mol. The highest BCUT2D eigenvalue weighted by atomic mass is 35.5. The highest BCUT2D eigenvalue weighted by Gasteiger charge is 2.20. The number of nitrogens with zero attached hydrogens (tertiary/aromatic N) is 3. The van der Waals surface area contributed by atoms with Gasteiger partial charge in [0.25, 0.3) is 5.91 Å². The zero-order valence-electron chi connectivity index (χ0n) is 17.3. The number of aryl methyl sites for hydroxylation is 2. The first-order valence-electron chi connectivity index (χ1n) is 9.70. The van der Waals surface area contributed by atoms with E-state index >= 15 is 0 Å². The summed E-state index contributed by atoms with van der Waals surface area (Å²) in [4.78, 5) is 17.6. The molecule has 1 aromatic heterocycles. The van der Waals surface area contributed by atoms with Crippen LogP contribution in [0.3, 0.4) is 0 Å². The lowest BCUT2D eigenvalue weighted by Gasteiger charge is -2.10. The molecule has 0 unspecified atom stereocenters. The van der Waals surface area contributed by atoms with Gasteiger partial charge in [-0.05, 0) is 79.9 Å². The molecule has 0 radical (unpaired) electrons. The monoisotopic (exact) mass is 450 g/mol. The van der Waals surface area contributed by atoms with Gasteiger partial charge in [0, 0.05) is 21.3 Å². The standard InChI is InChI=1S/C24H20Cl2N4O/c1-14-7-8-15(2)21(13-14)30-23(17-9-11-18(25)12-10-17)28-22(29-30)24(31)27-20-6-4-5-19(26)16(20)3/h4-13H,1-3H3,(H,27,31). The molecular weight excluding hydrogens is 431 g/mol. The van der Waals surface area contributed by atoms with Crippen LogP contribution in [0.5, 0.6) is 0 Å². The molecular formula is C24H20Cl2N4O. The molecule has 3 aromatic carbocycles. The van der Waals surface area contributed by atoms with Crippen molar-refractivity contribution in [2.24, 2.45) is 0 Å². The second-order valence-corrected chi connectivity index (χ2v) is 8.18. The quantitative estimate of drug-likeness (QED) is 0.390. The number of nitrogens with one attached hydrogen (secondary N) is 1. The summed E-state index contributed by atoms with van der Waals surface area (Å²) >= 11 is 12.2. The van der Waals surface area contributed by atoms with Gasteiger partial charge >= 0.3 is 0 Å². The van der Waals surface area contributed by atoms with Crippen LogP contribution in [0, 0.1) is 20.8 Å². The Morgan fingerprint density at radius 2 is 1.71 bits per heavy atom. The van der Waals surface area contributed by atoms with Crippen molar-refractivity contribution in [3.05, 3.63) is 93.2 Å². The number of benzene rings is 3. The van der Waals surface area contributed by atoms with E-state index in [-0.39, 0.29) is 5.82 Å². The molecule has 0 aliphatic rings. The van der Waals surface area contributed by atoms with E-state index in [4.69, 9.17) is 23.2 Å². The molecule has 4 rings (SSSR count). The van der Waals surface area contributed by atoms with Crippen molar-refractivity contribution in [1.29, 1.82) is 0 Å². The van der Waals surface area contributed by atoms with Gasteiger partial charge in [0.15, 0.2) is 5.82 Å². The third kappa shape index (κ3) is 4.33. The van der Waals surface area contributed by atoms with Crippen LogP contribution in [0.1, 0.15) is 27.3 Å². The van der Waals surface area contributed by atoms with Crippen LogP contribution in [0.4, 0.5) is 5.69 Å². The average molecular weight is 451 g/mol. The Morgan fingerprint density at radius 1 is 0.968 bits per heavy atom. The molecule has 156 valence electrons. The summed E-state index contributed by atoms with van der Waals surface area (Å²) in [6, 6.07) is 18.7. The van der Waals surface area contributed by atoms with Gasteiger partial charge in [-0.3, -0.25) is 4.79 Å². The molecule has 0 aliphatic heterocycles. The van der Waals surface area contributed by atoms with E-state index in [1.807, 2.05) is 51.1 Å². The van der Waals surface area contributed by atoms with Crippen LogP contribution in [-0.4, -0.2) is 20.7 Å². The molecule has 0 atom stereocenters. The summed E-state index contributed by atoms with van der Waals surface area (Å²) in [5.41, 5.74) is 5.16. The molecule has 1 N–H and O–H groups in total. The first-order chi connectivity index (χ1) is 14.8. The summed E-state index contributed by atoms with van der Waals surface area (Å²) < 4.78 is 1.70. The minimum atomic E-state index is -0.412. The first-order valence-corrected chi connectivity index (χ1v) is 10.5. The summed E-state index contributed by atoms with van der Waals surface area (Å²) in [5, 5.41) is 8.62. The Hall–Kier alpha value is -3.15. The van der Waals surface area contributed by atoms with E-state index in [2.05, 4.69) is 15.4 Å². The van der Waals surface area contributed by atoms with Crippen LogP contribution >= 0.6 is 23.2 Å². The SMILES string of the molecule is Cc1ccc(C)c(-n2nc(C(=O)Nc3cccc(Cl)c3C)nc2-c2ccc(Cl)cc2)c1. The van der Waals surface area contributed by atoms with Crippen molar-refractivity contribution < 1.29 is 4.79 Å². The van der Waals surface area contributed by atoms with Crippen LogP contribution in [0.2, 0.25) is 10.0 Å². The van der Waals surface area contributed by atoms with Crippen molar-refractivity contribution in [3.8, 4) is 17.1 Å². The summed E-state index contributed by atoms with van der Waals surface area (Å²) in [5.74, 6) is 0.202. The van der Waals surface area contributed by atoms with Crippen molar-refractivity contribution in [1.82, 2.24) is 14.8 Å². The lowest BCUT2D eigenvalue weighted by molar-refractivity contribution is 0.101. The van der Waals surface area contributed by atoms with Gasteiger partial charge in [-0.25, -0.2) is 9.67 Å². The van der Waals surface area contributed by atoms with E-state index in [0.29, 0.717) is 21.6 Å². The van der Waals surface area contributed by atoms with Crippen LogP contribution in [-0.2, 0) is 0 Å². The molecule has 5 nitrogen and oxygen atoms in total. The fourth-order valence-electron chi connectivity index (χ4n) is 3.23. The maximum Gasteiger partial charge on any atom is 0.295 e. The second kappa shape index (κ2) is 8.53. The zero-order valence-corrected chi connectivity index (χ0v) is 18.8. The molecule has 1 heterocycles. The van der Waals surface area contributed by atoms with Crippen molar-refractivity contribution in [3.63, 3.8) is 0 Å². The summed E-state index contributed by atoms with van der Waals surface area (Å²) in [6.07, 6.45) is 0. The van der Waals surface area contributed by atoms with E-state index in [1.54, 1.807) is 35.0 Å². The fourth-order valence-corrected chi connectivity index (χ4v) is 3.53. The van der Waals surface area contributed by atoms with Gasteiger partial charge in [0.2, 0.25) is 5.82 Å². The number of halogens is 2. The number of carbonyl (C=O) groups excluding carboxylic acids is 1. The van der Waals surface area contributed by atoms with Crippen LogP contribution < -0.4 is 5.32 Å². The fraction of sp³-hybridized carbons (Fsp3) is 0.125. The van der Waals surface area contributed by atoms with Gasteiger partial charge in [0.1, 0.15) is 0 Å². The normalized spacial score (nSPS) is 10.9. The van der Waals surface area contributed by atoms with E-state index in [0.717, 1.165) is 27.9 Å². The number of amides is 1. The number of aromatic nitrogens is 3. The molecule has 4 aromatic rings. The third-order valence-electron chi connectivity index (χ3n) is 5.02. The summed E-state index contributed by atoms with van der Waals surface area (Å²) in [6.45, 7) is 5.85. The average Bonchev–Trinajstić information content (AvgIpc) is 3.19. The molecule has 0 fully saturated rings. The molecule has 0 aliphatic carbocycles. The Bertz CT molecular complexity index is 1280. The molecule has 0 saturated carbocycles. The third-order valence-corrected chi connectivity index (χ3v) is 5.68. The summed E-state index contributed by atoms with van der Waals surface area (Å²) in [7, 11) is 0. The van der Waals surface area contributed by atoms with Crippen LogP contribution in [0.25, 0.3) is 17.1 Å². The van der Waals surface area contributed by atoms with Crippen LogP contribution in [0.15, 0.2) is 60.7 Å². The van der Waals surface area contributed by atoms with Gasteiger partial charge in [-0.2, -0.15) is 0 Å². The molecule has 0 bridgehead atoms. The molecule has 31 heavy (non-hydrogen) atoms. The van der Waals surface area contributed by atoms with Gasteiger partial charge in [-0.15, -0.1) is 5.10 Å². The number of rotatable bonds is 4.